The number of methoxy groups -OCH3 is 1. The molecular weight excluding hydrogens is 338 g/mol. The topological polar surface area (TPSA) is 85.3 Å². The molecule has 2 rings (SSSR count). The normalized spacial score (nSPS) is 10.2. The molecule has 0 aromatic heterocycles. The number of nitrogens with zero attached hydrogens (tertiary/aromatic N) is 1. The average molecular weight is 359 g/mol. The van der Waals surface area contributed by atoms with Crippen LogP contribution in [0.4, 0.5) is 5.69 Å². The maximum Gasteiger partial charge on any atom is 0.341 e. The summed E-state index contributed by atoms with van der Waals surface area (Å²) in [6.07, 6.45) is 0. The zero-order valence-corrected chi connectivity index (χ0v) is 14.7. The molecule has 0 aliphatic heterocycles. The molecule has 0 unspecified atom stereocenters. The Hall–Kier alpha value is -3.06. The molecule has 0 heterocycles. The Bertz CT molecular complexity index is 727. The van der Waals surface area contributed by atoms with Crippen LogP contribution in [0.15, 0.2) is 48.5 Å². The van der Waals surface area contributed by atoms with Gasteiger partial charge in [-0.2, -0.15) is 0 Å². The third-order valence-electron chi connectivity index (χ3n) is 3.55. The number of ether oxygens (including phenoxy) is 3. The number of benzene rings is 2. The van der Waals surface area contributed by atoms with E-state index in [4.69, 9.17) is 19.3 Å². The predicted octanol–water partition coefficient (Wildman–Crippen LogP) is 2.45. The first kappa shape index (κ1) is 19.3. The number of carboxylic acids is 1. The summed E-state index contributed by atoms with van der Waals surface area (Å²) in [6, 6.07) is 13.5. The number of aliphatic carboxylic acids is 1. The van der Waals surface area contributed by atoms with Crippen molar-refractivity contribution in [3.8, 4) is 11.5 Å². The molecule has 2 aromatic carbocycles. The fourth-order valence-electron chi connectivity index (χ4n) is 2.16. The molecule has 0 bridgehead atoms. The molecule has 0 radical (unpaired) electrons. The summed E-state index contributed by atoms with van der Waals surface area (Å²) in [4.78, 5) is 24.6. The summed E-state index contributed by atoms with van der Waals surface area (Å²) in [7, 11) is 3.27. The molecule has 0 saturated carbocycles. The van der Waals surface area contributed by atoms with Crippen molar-refractivity contribution in [3.63, 3.8) is 0 Å². The second kappa shape index (κ2) is 9.43. The summed E-state index contributed by atoms with van der Waals surface area (Å²) in [5.41, 5.74) is 1.19. The quantitative estimate of drug-likeness (QED) is 0.692. The second-order valence-corrected chi connectivity index (χ2v) is 5.41. The van der Waals surface area contributed by atoms with Gasteiger partial charge in [-0.3, -0.25) is 4.79 Å². The molecule has 7 heteroatoms. The van der Waals surface area contributed by atoms with Gasteiger partial charge in [0, 0.05) is 25.4 Å². The number of hydrogen-bond acceptors (Lipinski definition) is 5. The van der Waals surface area contributed by atoms with Crippen LogP contribution in [0.1, 0.15) is 10.4 Å². The van der Waals surface area contributed by atoms with Crippen molar-refractivity contribution in [3.05, 3.63) is 54.1 Å². The van der Waals surface area contributed by atoms with Crippen LogP contribution < -0.4 is 14.4 Å². The minimum absolute atomic E-state index is 0.173. The van der Waals surface area contributed by atoms with E-state index in [1.807, 2.05) is 0 Å². The van der Waals surface area contributed by atoms with Crippen LogP contribution in [-0.4, -0.2) is 51.0 Å². The average Bonchev–Trinajstić information content (AvgIpc) is 2.66. The fraction of sp³-hybridized carbons (Fsp3) is 0.263. The van der Waals surface area contributed by atoms with Crippen molar-refractivity contribution in [1.82, 2.24) is 0 Å². The lowest BCUT2D eigenvalue weighted by Crippen LogP contribution is -2.26. The van der Waals surface area contributed by atoms with Gasteiger partial charge in [0.2, 0.25) is 0 Å². The highest BCUT2D eigenvalue weighted by atomic mass is 16.5. The van der Waals surface area contributed by atoms with E-state index in [2.05, 4.69) is 0 Å². The van der Waals surface area contributed by atoms with Crippen molar-refractivity contribution >= 4 is 17.6 Å². The molecule has 0 saturated heterocycles. The molecule has 0 aliphatic carbocycles. The first-order chi connectivity index (χ1) is 12.5. The van der Waals surface area contributed by atoms with Crippen molar-refractivity contribution in [2.24, 2.45) is 0 Å². The van der Waals surface area contributed by atoms with Crippen LogP contribution in [0, 0.1) is 0 Å². The predicted molar refractivity (Wildman–Crippen MR) is 96.1 cm³/mol. The van der Waals surface area contributed by atoms with Gasteiger partial charge in [0.25, 0.3) is 5.91 Å². The smallest absolute Gasteiger partial charge is 0.341 e. The molecular formula is C19H21NO6. The molecule has 7 nitrogen and oxygen atoms in total. The van der Waals surface area contributed by atoms with Gasteiger partial charge in [0.15, 0.2) is 6.61 Å². The Morgan fingerprint density at radius 1 is 0.923 bits per heavy atom. The monoisotopic (exact) mass is 359 g/mol. The van der Waals surface area contributed by atoms with Gasteiger partial charge in [-0.05, 0) is 48.5 Å². The highest BCUT2D eigenvalue weighted by Crippen LogP contribution is 2.21. The summed E-state index contributed by atoms with van der Waals surface area (Å²) in [5.74, 6) is -0.126. The Morgan fingerprint density at radius 2 is 1.50 bits per heavy atom. The molecule has 0 aliphatic rings. The van der Waals surface area contributed by atoms with E-state index in [1.54, 1.807) is 62.7 Å². The largest absolute Gasteiger partial charge is 0.491 e. The summed E-state index contributed by atoms with van der Waals surface area (Å²) in [6.45, 7) is 0.530. The molecule has 0 spiro atoms. The van der Waals surface area contributed by atoms with Crippen LogP contribution in [0.5, 0.6) is 11.5 Å². The Morgan fingerprint density at radius 3 is 2.08 bits per heavy atom. The van der Waals surface area contributed by atoms with Crippen molar-refractivity contribution in [2.45, 2.75) is 0 Å². The van der Waals surface area contributed by atoms with E-state index >= 15 is 0 Å². The lowest BCUT2D eigenvalue weighted by molar-refractivity contribution is -0.139. The summed E-state index contributed by atoms with van der Waals surface area (Å²) in [5, 5.41) is 8.60. The van der Waals surface area contributed by atoms with Crippen LogP contribution in [0.3, 0.4) is 0 Å². The van der Waals surface area contributed by atoms with Crippen molar-refractivity contribution < 1.29 is 28.9 Å². The van der Waals surface area contributed by atoms with E-state index in [1.165, 1.54) is 4.90 Å². The van der Waals surface area contributed by atoms with Crippen molar-refractivity contribution in [2.75, 3.05) is 38.9 Å². The first-order valence-corrected chi connectivity index (χ1v) is 7.96. The Balaban J connectivity index is 1.98. The maximum atomic E-state index is 12.6. The number of hydrogen-bond donors (Lipinski definition) is 1. The summed E-state index contributed by atoms with van der Waals surface area (Å²) >= 11 is 0. The zero-order valence-electron chi connectivity index (χ0n) is 14.7. The molecule has 1 N–H and O–H groups in total. The van der Waals surface area contributed by atoms with Crippen LogP contribution in [0.2, 0.25) is 0 Å². The van der Waals surface area contributed by atoms with E-state index in [0.717, 1.165) is 0 Å². The van der Waals surface area contributed by atoms with Crippen LogP contribution in [-0.2, 0) is 9.53 Å². The lowest BCUT2D eigenvalue weighted by atomic mass is 10.2. The van der Waals surface area contributed by atoms with E-state index in [0.29, 0.717) is 36.0 Å². The van der Waals surface area contributed by atoms with Gasteiger partial charge < -0.3 is 24.2 Å². The number of amides is 1. The zero-order chi connectivity index (χ0) is 18.9. The standard InChI is InChI=1S/C19H21NO6/c1-20(15-5-9-17(10-6-15)26-13-18(21)22)19(23)14-3-7-16(8-4-14)25-12-11-24-2/h3-10H,11-13H2,1-2H3,(H,21,22). The van der Waals surface area contributed by atoms with Crippen LogP contribution >= 0.6 is 0 Å². The lowest BCUT2D eigenvalue weighted by Gasteiger charge is -2.18. The molecule has 138 valence electrons. The molecule has 2 aromatic rings. The minimum atomic E-state index is -1.05. The number of rotatable bonds is 9. The minimum Gasteiger partial charge on any atom is -0.491 e. The fourth-order valence-corrected chi connectivity index (χ4v) is 2.16. The third-order valence-corrected chi connectivity index (χ3v) is 3.55. The number of anilines is 1. The second-order valence-electron chi connectivity index (χ2n) is 5.41. The van der Waals surface area contributed by atoms with Gasteiger partial charge in [0.1, 0.15) is 18.1 Å². The molecule has 26 heavy (non-hydrogen) atoms. The Labute approximate surface area is 151 Å². The number of carbonyl (C=O) groups excluding carboxylic acids is 1. The van der Waals surface area contributed by atoms with Crippen molar-refractivity contribution in [1.29, 1.82) is 0 Å². The van der Waals surface area contributed by atoms with Gasteiger partial charge in [0.05, 0.1) is 6.61 Å². The Kier molecular flexibility index (Phi) is 6.99. The van der Waals surface area contributed by atoms with E-state index < -0.39 is 12.6 Å². The van der Waals surface area contributed by atoms with Crippen LogP contribution in [0.25, 0.3) is 0 Å². The number of carboxylic acid groups (broad SMARTS) is 1. The van der Waals surface area contributed by atoms with Gasteiger partial charge >= 0.3 is 5.97 Å². The highest BCUT2D eigenvalue weighted by molar-refractivity contribution is 6.05. The molecule has 1 amide bonds. The highest BCUT2D eigenvalue weighted by Gasteiger charge is 2.14. The first-order valence-electron chi connectivity index (χ1n) is 7.96. The van der Waals surface area contributed by atoms with Gasteiger partial charge in [-0.1, -0.05) is 0 Å². The third kappa shape index (κ3) is 5.49. The molecule has 0 fully saturated rings. The number of carbonyl (C=O) groups is 2. The van der Waals surface area contributed by atoms with Gasteiger partial charge in [-0.25, -0.2) is 4.79 Å². The van der Waals surface area contributed by atoms with E-state index in [9.17, 15) is 9.59 Å². The van der Waals surface area contributed by atoms with Gasteiger partial charge in [-0.15, -0.1) is 0 Å². The van der Waals surface area contributed by atoms with E-state index in [-0.39, 0.29) is 5.91 Å². The summed E-state index contributed by atoms with van der Waals surface area (Å²) < 4.78 is 15.5. The molecule has 0 atom stereocenters. The maximum absolute atomic E-state index is 12.6. The SMILES string of the molecule is COCCOc1ccc(C(=O)N(C)c2ccc(OCC(=O)O)cc2)cc1.